The molecule has 0 saturated carbocycles. The second kappa shape index (κ2) is 6.53. The zero-order valence-corrected chi connectivity index (χ0v) is 4.20. The van der Waals surface area contributed by atoms with E-state index in [4.69, 9.17) is 10.2 Å². The summed E-state index contributed by atoms with van der Waals surface area (Å²) in [5.74, 6) is 0.339. The molecule has 1 rings (SSSR count). The molecule has 2 N–H and O–H groups in total. The van der Waals surface area contributed by atoms with Crippen molar-refractivity contribution in [2.45, 2.75) is 0 Å². The minimum absolute atomic E-state index is 0. The molecule has 0 atom stereocenters. The molecule has 0 aliphatic heterocycles. The van der Waals surface area contributed by atoms with Crippen LogP contribution in [0.3, 0.4) is 0 Å². The van der Waals surface area contributed by atoms with Gasteiger partial charge in [0, 0.05) is 0 Å². The van der Waals surface area contributed by atoms with Gasteiger partial charge >= 0.3 is 59.1 Å². The van der Waals surface area contributed by atoms with Crippen LogP contribution in [-0.4, -0.2) is 69.3 Å². The van der Waals surface area contributed by atoms with Crippen LogP contribution in [0.1, 0.15) is 0 Å². The van der Waals surface area contributed by atoms with Crippen molar-refractivity contribution < 1.29 is 10.2 Å². The summed E-state index contributed by atoms with van der Waals surface area (Å²) in [6.45, 7) is 0. The van der Waals surface area contributed by atoms with Gasteiger partial charge in [-0.25, -0.2) is 0 Å². The summed E-state index contributed by atoms with van der Waals surface area (Å²) in [6.07, 6.45) is 0. The molecule has 2 nitrogen and oxygen atoms in total. The zero-order chi connectivity index (χ0) is 5.98. The summed E-state index contributed by atoms with van der Waals surface area (Å²) in [6, 6.07) is 5.70. The predicted octanol–water partition coefficient (Wildman–Crippen LogP) is -0.199. The number of hydrogen-bond donors (Lipinski definition) is 2. The van der Waals surface area contributed by atoms with Crippen molar-refractivity contribution in [1.29, 1.82) is 0 Å². The Labute approximate surface area is 104 Å². The first-order valence-electron chi connectivity index (χ1n) is 2.27. The Morgan fingerprint density at radius 2 is 0.900 bits per heavy atom. The quantitative estimate of drug-likeness (QED) is 0.405. The summed E-state index contributed by atoms with van der Waals surface area (Å²) < 4.78 is 0. The number of benzene rings is 1. The molecule has 0 fully saturated rings. The van der Waals surface area contributed by atoms with E-state index in [1.165, 1.54) is 24.3 Å². The number of rotatable bonds is 0. The molecule has 1 aromatic carbocycles. The normalized spacial score (nSPS) is 7.20. The molecule has 10 heavy (non-hydrogen) atoms. The Morgan fingerprint density at radius 1 is 0.700 bits per heavy atom. The fraction of sp³-hybridized carbons (Fsp3) is 0. The van der Waals surface area contributed by atoms with Gasteiger partial charge in [0.25, 0.3) is 0 Å². The van der Waals surface area contributed by atoms with Crippen LogP contribution < -0.4 is 0 Å². The molecule has 0 aromatic heterocycles. The summed E-state index contributed by atoms with van der Waals surface area (Å²) >= 11 is 0. The zero-order valence-electron chi connectivity index (χ0n) is 4.20. The van der Waals surface area contributed by atoms with Crippen molar-refractivity contribution in [2.75, 3.05) is 0 Å². The Bertz CT molecular complexity index is 153. The molecule has 0 amide bonds. The van der Waals surface area contributed by atoms with Crippen molar-refractivity contribution in [2.24, 2.45) is 0 Å². The van der Waals surface area contributed by atoms with E-state index in [0.717, 1.165) is 0 Å². The number of phenols is 2. The topological polar surface area (TPSA) is 40.5 Å². The number of hydrogen-bond acceptors (Lipinski definition) is 2. The summed E-state index contributed by atoms with van der Waals surface area (Å²) in [5.41, 5.74) is 0. The van der Waals surface area contributed by atoms with Crippen LogP contribution in [0.2, 0.25) is 0 Å². The van der Waals surface area contributed by atoms with Crippen molar-refractivity contribution >= 4 is 59.1 Å². The van der Waals surface area contributed by atoms with Crippen molar-refractivity contribution in [1.82, 2.24) is 0 Å². The van der Waals surface area contributed by atoms with Crippen LogP contribution >= 0.6 is 0 Å². The van der Waals surface area contributed by atoms with E-state index in [1.807, 2.05) is 0 Å². The second-order valence-electron chi connectivity index (χ2n) is 1.52. The van der Waals surface area contributed by atoms with Crippen LogP contribution in [0.25, 0.3) is 0 Å². The molecular weight excluding hydrogens is 150 g/mol. The molecule has 0 heterocycles. The van der Waals surface area contributed by atoms with E-state index in [0.29, 0.717) is 0 Å². The third-order valence-electron chi connectivity index (χ3n) is 0.850. The fourth-order valence-corrected chi connectivity index (χ4v) is 0.453. The Hall–Kier alpha value is 0.820. The summed E-state index contributed by atoms with van der Waals surface area (Å²) in [5, 5.41) is 17.3. The van der Waals surface area contributed by atoms with Crippen LogP contribution in [-0.2, 0) is 0 Å². The fourth-order valence-electron chi connectivity index (χ4n) is 0.453. The first kappa shape index (κ1) is 13.4. The Balaban J connectivity index is 0. The monoisotopic (exact) mass is 158 g/mol. The van der Waals surface area contributed by atoms with E-state index in [-0.39, 0.29) is 70.6 Å². The van der Waals surface area contributed by atoms with Crippen molar-refractivity contribution in [3.63, 3.8) is 0 Å². The van der Waals surface area contributed by atoms with Gasteiger partial charge < -0.3 is 10.2 Å². The molecular formula is C6H8Na2O2. The summed E-state index contributed by atoms with van der Waals surface area (Å²) in [4.78, 5) is 0. The maximum absolute atomic E-state index is 8.65. The van der Waals surface area contributed by atoms with Gasteiger partial charge in [0.05, 0.1) is 0 Å². The molecule has 1 aromatic rings. The standard InChI is InChI=1S/C6H6O2.2Na.2H/c7-5-1-2-6(8)4-3-5;;;;/h1-4,7-8H;;;;. The average molecular weight is 158 g/mol. The molecule has 0 bridgehead atoms. The Kier molecular flexibility index (Phi) is 8.75. The van der Waals surface area contributed by atoms with Crippen molar-refractivity contribution in [3.05, 3.63) is 24.3 Å². The molecule has 0 aliphatic carbocycles. The van der Waals surface area contributed by atoms with Gasteiger partial charge in [0.1, 0.15) is 11.5 Å². The molecule has 0 unspecified atom stereocenters. The van der Waals surface area contributed by atoms with Gasteiger partial charge in [-0.1, -0.05) is 0 Å². The summed E-state index contributed by atoms with van der Waals surface area (Å²) in [7, 11) is 0. The molecule has 4 heteroatoms. The van der Waals surface area contributed by atoms with E-state index in [9.17, 15) is 0 Å². The van der Waals surface area contributed by atoms with E-state index in [1.54, 1.807) is 0 Å². The number of aromatic hydroxyl groups is 2. The van der Waals surface area contributed by atoms with Gasteiger partial charge in [-0.2, -0.15) is 0 Å². The van der Waals surface area contributed by atoms with Crippen LogP contribution in [0, 0.1) is 0 Å². The predicted molar refractivity (Wildman–Crippen MR) is 44.1 cm³/mol. The molecule has 0 radical (unpaired) electrons. The minimum atomic E-state index is 0. The van der Waals surface area contributed by atoms with Crippen LogP contribution in [0.5, 0.6) is 11.5 Å². The third kappa shape index (κ3) is 4.61. The van der Waals surface area contributed by atoms with Gasteiger partial charge in [0.15, 0.2) is 0 Å². The molecule has 0 aliphatic rings. The first-order valence-corrected chi connectivity index (χ1v) is 2.27. The number of phenolic OH excluding ortho intramolecular Hbond substituents is 2. The SMILES string of the molecule is Oc1ccc(O)cc1.[NaH].[NaH]. The van der Waals surface area contributed by atoms with Crippen LogP contribution in [0.4, 0.5) is 0 Å². The molecule has 0 saturated heterocycles. The molecule has 0 spiro atoms. The van der Waals surface area contributed by atoms with Gasteiger partial charge in [-0.05, 0) is 24.3 Å². The second-order valence-corrected chi connectivity index (χ2v) is 1.52. The first-order chi connectivity index (χ1) is 3.79. The molecule has 46 valence electrons. The third-order valence-corrected chi connectivity index (χ3v) is 0.850. The van der Waals surface area contributed by atoms with Gasteiger partial charge in [-0.15, -0.1) is 0 Å². The van der Waals surface area contributed by atoms with E-state index >= 15 is 0 Å². The van der Waals surface area contributed by atoms with E-state index < -0.39 is 0 Å². The van der Waals surface area contributed by atoms with Gasteiger partial charge in [0.2, 0.25) is 0 Å². The van der Waals surface area contributed by atoms with Gasteiger partial charge in [-0.3, -0.25) is 0 Å². The maximum atomic E-state index is 8.65. The van der Waals surface area contributed by atoms with E-state index in [2.05, 4.69) is 0 Å². The van der Waals surface area contributed by atoms with Crippen molar-refractivity contribution in [3.8, 4) is 11.5 Å². The Morgan fingerprint density at radius 3 is 1.10 bits per heavy atom. The van der Waals surface area contributed by atoms with Crippen LogP contribution in [0.15, 0.2) is 24.3 Å². The average Bonchev–Trinajstić information content (AvgIpc) is 1.77.